The summed E-state index contributed by atoms with van der Waals surface area (Å²) < 4.78 is 1.80. The Balaban J connectivity index is 2.06. The van der Waals surface area contributed by atoms with E-state index in [0.29, 0.717) is 0 Å². The molecule has 1 heterocycles. The highest BCUT2D eigenvalue weighted by Crippen LogP contribution is 2.26. The maximum absolute atomic E-state index is 11.6. The van der Waals surface area contributed by atoms with Crippen molar-refractivity contribution in [2.75, 3.05) is 0 Å². The molecule has 0 saturated heterocycles. The predicted octanol–water partition coefficient (Wildman–Crippen LogP) is 4.48. The van der Waals surface area contributed by atoms with Crippen molar-refractivity contribution in [1.29, 1.82) is 0 Å². The number of hydrogen-bond donors (Lipinski definition) is 1. The van der Waals surface area contributed by atoms with E-state index in [1.807, 2.05) is 66.7 Å². The molecular formula is C19H13NO2. The molecule has 3 heteroatoms. The number of fused-ring (bicyclic) bond motifs is 2. The van der Waals surface area contributed by atoms with Crippen LogP contribution in [0.3, 0.4) is 0 Å². The normalized spacial score (nSPS) is 11.1. The first-order valence-corrected chi connectivity index (χ1v) is 7.07. The van der Waals surface area contributed by atoms with Crippen LogP contribution in [0.2, 0.25) is 0 Å². The highest BCUT2D eigenvalue weighted by molar-refractivity contribution is 5.96. The smallest absolute Gasteiger partial charge is 0.352 e. The summed E-state index contributed by atoms with van der Waals surface area (Å²) in [4.78, 5) is 11.6. The molecule has 0 aliphatic carbocycles. The van der Waals surface area contributed by atoms with Gasteiger partial charge in [0.2, 0.25) is 0 Å². The molecule has 0 radical (unpaired) electrons. The van der Waals surface area contributed by atoms with Crippen molar-refractivity contribution >= 4 is 27.6 Å². The lowest BCUT2D eigenvalue weighted by atomic mass is 10.1. The number of aromatic carboxylic acids is 1. The highest BCUT2D eigenvalue weighted by Gasteiger charge is 2.15. The van der Waals surface area contributed by atoms with Crippen molar-refractivity contribution in [2.24, 2.45) is 0 Å². The summed E-state index contributed by atoms with van der Waals surface area (Å²) in [5.41, 5.74) is 2.03. The third kappa shape index (κ3) is 1.87. The van der Waals surface area contributed by atoms with E-state index in [1.165, 1.54) is 0 Å². The van der Waals surface area contributed by atoms with Gasteiger partial charge in [-0.05, 0) is 35.0 Å². The molecule has 0 atom stereocenters. The van der Waals surface area contributed by atoms with Crippen LogP contribution in [-0.4, -0.2) is 15.6 Å². The predicted molar refractivity (Wildman–Crippen MR) is 87.7 cm³/mol. The summed E-state index contributed by atoms with van der Waals surface area (Å²) in [5.74, 6) is -0.927. The molecule has 0 spiro atoms. The Morgan fingerprint density at radius 3 is 2.23 bits per heavy atom. The maximum Gasteiger partial charge on any atom is 0.352 e. The van der Waals surface area contributed by atoms with Crippen LogP contribution in [0.15, 0.2) is 72.8 Å². The SMILES string of the molecule is O=C(O)c1cc2ccccc2n1-c1ccc2ccccc2c1. The Labute approximate surface area is 127 Å². The van der Waals surface area contributed by atoms with Crippen molar-refractivity contribution in [1.82, 2.24) is 4.57 Å². The molecule has 22 heavy (non-hydrogen) atoms. The molecular weight excluding hydrogens is 274 g/mol. The molecule has 1 aromatic heterocycles. The summed E-state index contributed by atoms with van der Waals surface area (Å²) >= 11 is 0. The number of aromatic nitrogens is 1. The molecule has 0 bridgehead atoms. The van der Waals surface area contributed by atoms with Crippen molar-refractivity contribution < 1.29 is 9.90 Å². The molecule has 1 N–H and O–H groups in total. The van der Waals surface area contributed by atoms with E-state index in [1.54, 1.807) is 10.6 Å². The lowest BCUT2D eigenvalue weighted by Crippen LogP contribution is -2.06. The van der Waals surface area contributed by atoms with Crippen LogP contribution in [-0.2, 0) is 0 Å². The first-order valence-electron chi connectivity index (χ1n) is 7.07. The summed E-state index contributed by atoms with van der Waals surface area (Å²) in [7, 11) is 0. The van der Waals surface area contributed by atoms with Crippen molar-refractivity contribution in [3.8, 4) is 5.69 Å². The van der Waals surface area contributed by atoms with Gasteiger partial charge in [0.25, 0.3) is 0 Å². The number of carboxylic acids is 1. The second-order valence-electron chi connectivity index (χ2n) is 5.26. The highest BCUT2D eigenvalue weighted by atomic mass is 16.4. The molecule has 0 fully saturated rings. The molecule has 0 unspecified atom stereocenters. The Kier molecular flexibility index (Phi) is 2.73. The van der Waals surface area contributed by atoms with Gasteiger partial charge in [-0.3, -0.25) is 0 Å². The Hall–Kier alpha value is -3.07. The zero-order chi connectivity index (χ0) is 15.1. The van der Waals surface area contributed by atoms with Crippen LogP contribution in [0.4, 0.5) is 0 Å². The molecule has 4 rings (SSSR count). The summed E-state index contributed by atoms with van der Waals surface area (Å²) in [5, 5.41) is 12.7. The van der Waals surface area contributed by atoms with E-state index in [4.69, 9.17) is 0 Å². The zero-order valence-corrected chi connectivity index (χ0v) is 11.7. The van der Waals surface area contributed by atoms with Crippen LogP contribution in [0, 0.1) is 0 Å². The van der Waals surface area contributed by atoms with Crippen LogP contribution in [0.25, 0.3) is 27.4 Å². The number of nitrogens with zero attached hydrogens (tertiary/aromatic N) is 1. The lowest BCUT2D eigenvalue weighted by molar-refractivity contribution is 0.0688. The average molecular weight is 287 g/mol. The molecule has 106 valence electrons. The van der Waals surface area contributed by atoms with Gasteiger partial charge < -0.3 is 9.67 Å². The Morgan fingerprint density at radius 2 is 1.45 bits per heavy atom. The minimum absolute atomic E-state index is 0.275. The first-order chi connectivity index (χ1) is 10.7. The van der Waals surface area contributed by atoms with Gasteiger partial charge >= 0.3 is 5.97 Å². The maximum atomic E-state index is 11.6. The van der Waals surface area contributed by atoms with Gasteiger partial charge in [0.05, 0.1) is 5.52 Å². The van der Waals surface area contributed by atoms with E-state index >= 15 is 0 Å². The van der Waals surface area contributed by atoms with Gasteiger partial charge in [-0.2, -0.15) is 0 Å². The average Bonchev–Trinajstić information content (AvgIpc) is 2.94. The molecule has 0 aliphatic heterocycles. The van der Waals surface area contributed by atoms with Gasteiger partial charge in [0.1, 0.15) is 5.69 Å². The topological polar surface area (TPSA) is 42.2 Å². The molecule has 0 amide bonds. The van der Waals surface area contributed by atoms with Crippen LogP contribution in [0.1, 0.15) is 10.5 Å². The van der Waals surface area contributed by atoms with Gasteiger partial charge in [-0.15, -0.1) is 0 Å². The zero-order valence-electron chi connectivity index (χ0n) is 11.7. The van der Waals surface area contributed by atoms with E-state index in [-0.39, 0.29) is 5.69 Å². The van der Waals surface area contributed by atoms with Gasteiger partial charge in [0.15, 0.2) is 0 Å². The number of carbonyl (C=O) groups is 1. The van der Waals surface area contributed by atoms with E-state index in [0.717, 1.165) is 27.4 Å². The fraction of sp³-hybridized carbons (Fsp3) is 0. The fourth-order valence-corrected chi connectivity index (χ4v) is 2.91. The molecule has 0 saturated carbocycles. The largest absolute Gasteiger partial charge is 0.477 e. The summed E-state index contributed by atoms with van der Waals surface area (Å²) in [6.45, 7) is 0. The lowest BCUT2D eigenvalue weighted by Gasteiger charge is -2.10. The third-order valence-electron chi connectivity index (χ3n) is 3.92. The van der Waals surface area contributed by atoms with Crippen LogP contribution in [0.5, 0.6) is 0 Å². The minimum atomic E-state index is -0.927. The number of carboxylic acid groups (broad SMARTS) is 1. The summed E-state index contributed by atoms with van der Waals surface area (Å²) in [6, 6.07) is 23.5. The van der Waals surface area contributed by atoms with Crippen LogP contribution < -0.4 is 0 Å². The van der Waals surface area contributed by atoms with Crippen LogP contribution >= 0.6 is 0 Å². The molecule has 0 aliphatic rings. The van der Waals surface area contributed by atoms with Crippen molar-refractivity contribution in [3.05, 3.63) is 78.5 Å². The van der Waals surface area contributed by atoms with E-state index in [9.17, 15) is 9.90 Å². The van der Waals surface area contributed by atoms with Gasteiger partial charge in [0, 0.05) is 11.1 Å². The van der Waals surface area contributed by atoms with Gasteiger partial charge in [-0.25, -0.2) is 4.79 Å². The molecule has 4 aromatic rings. The number of rotatable bonds is 2. The molecule has 3 nitrogen and oxygen atoms in total. The number of para-hydroxylation sites is 1. The van der Waals surface area contributed by atoms with E-state index in [2.05, 4.69) is 0 Å². The van der Waals surface area contributed by atoms with Gasteiger partial charge in [-0.1, -0.05) is 48.5 Å². The Bertz CT molecular complexity index is 1010. The fourth-order valence-electron chi connectivity index (χ4n) is 2.91. The monoisotopic (exact) mass is 287 g/mol. The summed E-state index contributed by atoms with van der Waals surface area (Å²) in [6.07, 6.45) is 0. The second-order valence-corrected chi connectivity index (χ2v) is 5.26. The molecule has 3 aromatic carbocycles. The second kappa shape index (κ2) is 4.74. The van der Waals surface area contributed by atoms with E-state index < -0.39 is 5.97 Å². The number of hydrogen-bond acceptors (Lipinski definition) is 1. The Morgan fingerprint density at radius 1 is 0.773 bits per heavy atom. The third-order valence-corrected chi connectivity index (χ3v) is 3.92. The quantitative estimate of drug-likeness (QED) is 0.590. The standard InChI is InChI=1S/C19H13NO2/c21-19(22)18-12-15-7-3-4-8-17(15)20(18)16-10-9-13-5-1-2-6-14(13)11-16/h1-12H,(H,21,22). The first kappa shape index (κ1) is 12.7. The van der Waals surface area contributed by atoms with Crippen molar-refractivity contribution in [2.45, 2.75) is 0 Å². The minimum Gasteiger partial charge on any atom is -0.477 e. The van der Waals surface area contributed by atoms with Crippen molar-refractivity contribution in [3.63, 3.8) is 0 Å². The number of benzene rings is 3.